The fourth-order valence-electron chi connectivity index (χ4n) is 9.22. The first-order valence-electron chi connectivity index (χ1n) is 18.9. The Labute approximate surface area is 368 Å². The predicted octanol–water partition coefficient (Wildman–Crippen LogP) is 8.77. The maximum absolute atomic E-state index is 15.3. The molecule has 4 heterocycles. The Hall–Kier alpha value is -5.85. The van der Waals surface area contributed by atoms with Gasteiger partial charge in [-0.1, -0.05) is 76.8 Å². The number of hydrogen-bond acceptors (Lipinski definition) is 10. The van der Waals surface area contributed by atoms with Gasteiger partial charge < -0.3 is 9.84 Å². The van der Waals surface area contributed by atoms with Crippen LogP contribution in [-0.4, -0.2) is 62.9 Å². The quantitative estimate of drug-likeness (QED) is 0.1000. The van der Waals surface area contributed by atoms with Gasteiger partial charge >= 0.3 is 12.4 Å². The third kappa shape index (κ3) is 7.21. The number of carbonyl (C=O) groups is 4. The van der Waals surface area contributed by atoms with Gasteiger partial charge in [-0.05, 0) is 72.4 Å². The van der Waals surface area contributed by atoms with Crippen LogP contribution < -0.4 is 15.2 Å². The largest absolute Gasteiger partial charge is 0.504 e. The van der Waals surface area contributed by atoms with E-state index >= 15 is 4.79 Å². The number of nitrogens with one attached hydrogen (secondary N) is 1. The summed E-state index contributed by atoms with van der Waals surface area (Å²) in [6, 6.07) is 12.7. The number of halogens is 9. The topological polar surface area (TPSA) is 145 Å². The lowest BCUT2D eigenvalue weighted by atomic mass is 9.50. The lowest BCUT2D eigenvalue weighted by Gasteiger charge is -2.49. The molecule has 4 aromatic rings. The second-order valence-electron chi connectivity index (χ2n) is 15.3. The van der Waals surface area contributed by atoms with Crippen LogP contribution in [-0.2, 0) is 36.9 Å². The van der Waals surface area contributed by atoms with Crippen LogP contribution in [0.15, 0.2) is 84.6 Å². The number of alkyl halides is 6. The maximum Gasteiger partial charge on any atom is 0.433 e. The molecule has 2 N–H and O–H groups in total. The Morgan fingerprint density at radius 2 is 1.62 bits per heavy atom. The van der Waals surface area contributed by atoms with Crippen LogP contribution in [0.3, 0.4) is 0 Å². The smallest absolute Gasteiger partial charge is 0.433 e. The fourth-order valence-corrected chi connectivity index (χ4v) is 9.79. The number of hydrazine groups is 2. The van der Waals surface area contributed by atoms with Crippen molar-refractivity contribution in [1.29, 1.82) is 0 Å². The highest BCUT2D eigenvalue weighted by atomic mass is 35.5. The van der Waals surface area contributed by atoms with Crippen molar-refractivity contribution in [1.82, 2.24) is 20.0 Å². The number of aromatic nitrogens is 2. The zero-order chi connectivity index (χ0) is 45.5. The van der Waals surface area contributed by atoms with Crippen LogP contribution in [0.2, 0.25) is 15.1 Å². The number of anilines is 2. The summed E-state index contributed by atoms with van der Waals surface area (Å²) in [5.74, 6) is -10.0. The van der Waals surface area contributed by atoms with Crippen molar-refractivity contribution in [3.63, 3.8) is 0 Å². The predicted molar refractivity (Wildman–Crippen MR) is 216 cm³/mol. The summed E-state index contributed by atoms with van der Waals surface area (Å²) in [5.41, 5.74) is -0.575. The molecule has 4 amide bonds. The first kappa shape index (κ1) is 43.8. The SMILES string of the molecule is COc1cc(C=C[C@H]2C3=CC[C@@H]4C(=O)N(N(C)c5nc(C(F)(F)F)ccc5Cl)C(=O)[C@@H]4[C@@H]3C[C@H]3C(=O)N(Nc4ncc(C(F)(F)F)cc4Cl)C(=O)[C@@]23c2ccc(Cl)cc2)ccc1O. The lowest BCUT2D eigenvalue weighted by Crippen LogP contribution is -2.54. The normalized spacial score (nSPS) is 24.7. The average Bonchev–Trinajstić information content (AvgIpc) is 3.61. The van der Waals surface area contributed by atoms with Crippen molar-refractivity contribution in [3.05, 3.63) is 122 Å². The summed E-state index contributed by atoms with van der Waals surface area (Å²) in [6.07, 6.45) is -4.57. The van der Waals surface area contributed by atoms with Crippen LogP contribution in [0.1, 0.15) is 35.2 Å². The number of ether oxygens (including phenoxy) is 1. The van der Waals surface area contributed by atoms with E-state index in [1.165, 1.54) is 38.4 Å². The minimum absolute atomic E-state index is 0.0664. The highest BCUT2D eigenvalue weighted by Crippen LogP contribution is 2.62. The van der Waals surface area contributed by atoms with Crippen LogP contribution in [0.5, 0.6) is 11.5 Å². The summed E-state index contributed by atoms with van der Waals surface area (Å²) >= 11 is 18.8. The van der Waals surface area contributed by atoms with Crippen molar-refractivity contribution < 1.29 is 55.4 Å². The molecule has 2 saturated heterocycles. The number of fused-ring (bicyclic) bond motifs is 4. The zero-order valence-corrected chi connectivity index (χ0v) is 34.8. The molecule has 1 saturated carbocycles. The van der Waals surface area contributed by atoms with Gasteiger partial charge in [0.05, 0.1) is 45.9 Å². The maximum atomic E-state index is 15.3. The van der Waals surface area contributed by atoms with Crippen LogP contribution in [0.25, 0.3) is 6.08 Å². The molecule has 6 atom stereocenters. The van der Waals surface area contributed by atoms with Gasteiger partial charge in [0.15, 0.2) is 23.1 Å². The fraction of sp³-hybridized carbons (Fsp3) is 0.286. The summed E-state index contributed by atoms with van der Waals surface area (Å²) < 4.78 is 87.1. The first-order valence-corrected chi connectivity index (χ1v) is 20.1. The van der Waals surface area contributed by atoms with Crippen molar-refractivity contribution >= 4 is 76.1 Å². The van der Waals surface area contributed by atoms with Crippen molar-refractivity contribution in [2.45, 2.75) is 30.6 Å². The number of imide groups is 2. The molecule has 0 radical (unpaired) electrons. The number of aromatic hydroxyl groups is 1. The number of nitrogens with zero attached hydrogens (tertiary/aromatic N) is 5. The van der Waals surface area contributed by atoms with Gasteiger partial charge in [0.1, 0.15) is 5.69 Å². The molecule has 21 heteroatoms. The number of hydrogen-bond donors (Lipinski definition) is 2. The molecule has 328 valence electrons. The summed E-state index contributed by atoms with van der Waals surface area (Å²) in [6.45, 7) is 0. The summed E-state index contributed by atoms with van der Waals surface area (Å²) in [7, 11) is 2.51. The molecule has 3 fully saturated rings. The molecule has 8 rings (SSSR count). The molecule has 0 spiro atoms. The van der Waals surface area contributed by atoms with Gasteiger partial charge in [-0.3, -0.25) is 29.6 Å². The first-order chi connectivity index (χ1) is 29.7. The zero-order valence-electron chi connectivity index (χ0n) is 32.5. The van der Waals surface area contributed by atoms with Gasteiger partial charge in [-0.25, -0.2) is 9.97 Å². The number of phenols is 1. The molecule has 12 nitrogen and oxygen atoms in total. The third-order valence-electron chi connectivity index (χ3n) is 12.0. The minimum Gasteiger partial charge on any atom is -0.504 e. The van der Waals surface area contributed by atoms with E-state index in [9.17, 15) is 45.8 Å². The Balaban J connectivity index is 1.27. The van der Waals surface area contributed by atoms with Crippen molar-refractivity contribution in [3.8, 4) is 11.5 Å². The van der Waals surface area contributed by atoms with Gasteiger partial charge in [-0.2, -0.15) is 36.4 Å². The molecule has 2 aromatic carbocycles. The Morgan fingerprint density at radius 3 is 2.27 bits per heavy atom. The van der Waals surface area contributed by atoms with Gasteiger partial charge in [0.25, 0.3) is 23.6 Å². The molecule has 0 bridgehead atoms. The standard InChI is InChI=1S/C42H31Cl3F6N6O6/c1-55(35-28(44)12-14-32(53-35)42(49,50)51)57-36(59)24-10-9-23-25(33(24)38(57)61)17-27-37(60)56(54-34-29(45)16-21(18-52-34)41(46,47)48)39(62)40(27,20-5-7-22(43)8-6-20)26(23)11-3-19-4-13-30(58)31(15-19)63-2/h3-9,11-16,18,24-27,33,58H,10,17H2,1-2H3,(H,52,54)/t24-,25+,26-,27-,33-,40-/m0/s1. The minimum atomic E-state index is -4.89. The highest BCUT2D eigenvalue weighted by Gasteiger charge is 2.70. The van der Waals surface area contributed by atoms with Crippen molar-refractivity contribution in [2.24, 2.45) is 29.6 Å². The van der Waals surface area contributed by atoms with E-state index in [0.717, 1.165) is 11.1 Å². The molecule has 2 aliphatic carbocycles. The molecular formula is C42H31Cl3F6N6O6. The number of methoxy groups -OCH3 is 1. The number of rotatable bonds is 8. The number of carbonyl (C=O) groups excluding carboxylic acids is 4. The Bertz CT molecular complexity index is 2650. The number of benzene rings is 2. The van der Waals surface area contributed by atoms with E-state index in [0.29, 0.717) is 45.0 Å². The number of phenolic OH excluding ortho intramolecular Hbond substituents is 1. The summed E-state index contributed by atoms with van der Waals surface area (Å²) in [4.78, 5) is 66.5. The van der Waals surface area contributed by atoms with E-state index in [2.05, 4.69) is 15.4 Å². The van der Waals surface area contributed by atoms with E-state index < -0.39 is 98.9 Å². The highest BCUT2D eigenvalue weighted by molar-refractivity contribution is 6.33. The van der Waals surface area contributed by atoms with Crippen LogP contribution >= 0.6 is 34.8 Å². The van der Waals surface area contributed by atoms with Gasteiger partial charge in [0.2, 0.25) is 0 Å². The molecule has 4 aliphatic rings. The number of allylic oxidation sites excluding steroid dienone is 3. The third-order valence-corrected chi connectivity index (χ3v) is 12.8. The second-order valence-corrected chi connectivity index (χ2v) is 16.5. The van der Waals surface area contributed by atoms with E-state index in [-0.39, 0.29) is 34.4 Å². The molecule has 2 aliphatic heterocycles. The molecule has 63 heavy (non-hydrogen) atoms. The van der Waals surface area contributed by atoms with Gasteiger partial charge in [-0.15, -0.1) is 0 Å². The second kappa shape index (κ2) is 15.7. The van der Waals surface area contributed by atoms with E-state index in [4.69, 9.17) is 39.5 Å². The van der Waals surface area contributed by atoms with Crippen LogP contribution in [0, 0.1) is 29.6 Å². The molecule has 0 unspecified atom stereocenters. The van der Waals surface area contributed by atoms with Crippen molar-refractivity contribution in [2.75, 3.05) is 24.6 Å². The summed E-state index contributed by atoms with van der Waals surface area (Å²) in [5, 5.41) is 11.9. The lowest BCUT2D eigenvalue weighted by molar-refractivity contribution is -0.142. The molecular weight excluding hydrogens is 905 g/mol. The monoisotopic (exact) mass is 934 g/mol. The van der Waals surface area contributed by atoms with E-state index in [1.54, 1.807) is 36.4 Å². The average molecular weight is 936 g/mol. The molecule has 2 aromatic heterocycles. The number of pyridine rings is 2. The Morgan fingerprint density at radius 1 is 0.905 bits per heavy atom. The van der Waals surface area contributed by atoms with Crippen LogP contribution in [0.4, 0.5) is 38.0 Å². The number of amides is 4. The Kier molecular flexibility index (Phi) is 10.9. The van der Waals surface area contributed by atoms with Gasteiger partial charge in [0, 0.05) is 24.2 Å². The van der Waals surface area contributed by atoms with E-state index in [1.807, 2.05) is 0 Å².